The number of rotatable bonds is 4. The molecule has 1 atom stereocenters. The predicted molar refractivity (Wildman–Crippen MR) is 102 cm³/mol. The Bertz CT molecular complexity index is 949. The molecule has 2 amide bonds. The molecular weight excluding hydrogens is 366 g/mol. The molecule has 2 aromatic heterocycles. The summed E-state index contributed by atoms with van der Waals surface area (Å²) in [6, 6.07) is 6.61. The Labute approximate surface area is 161 Å². The maximum atomic E-state index is 12.6. The average molecular weight is 385 g/mol. The van der Waals surface area contributed by atoms with Crippen LogP contribution in [-0.4, -0.2) is 44.7 Å². The monoisotopic (exact) mass is 385 g/mol. The van der Waals surface area contributed by atoms with Gasteiger partial charge in [-0.2, -0.15) is 0 Å². The van der Waals surface area contributed by atoms with Crippen LogP contribution >= 0.6 is 11.8 Å². The highest BCUT2D eigenvalue weighted by Gasteiger charge is 2.41. The molecule has 0 spiro atoms. The van der Waals surface area contributed by atoms with E-state index < -0.39 is 23.2 Å². The topological polar surface area (TPSA) is 81.5 Å². The second-order valence-electron chi connectivity index (χ2n) is 6.10. The fourth-order valence-electron chi connectivity index (χ4n) is 3.00. The number of pyridine rings is 1. The third-order valence-electron chi connectivity index (χ3n) is 4.39. The quantitative estimate of drug-likeness (QED) is 0.594. The minimum atomic E-state index is -0.964. The first-order chi connectivity index (χ1) is 12.8. The number of imide groups is 1. The number of aromatic nitrogens is 2. The van der Waals surface area contributed by atoms with Gasteiger partial charge < -0.3 is 9.30 Å². The van der Waals surface area contributed by atoms with Gasteiger partial charge in [0.15, 0.2) is 0 Å². The maximum absolute atomic E-state index is 12.6. The van der Waals surface area contributed by atoms with E-state index in [2.05, 4.69) is 9.72 Å². The Morgan fingerprint density at radius 3 is 2.67 bits per heavy atom. The van der Waals surface area contributed by atoms with Crippen LogP contribution < -0.4 is 0 Å². The van der Waals surface area contributed by atoms with E-state index in [0.717, 1.165) is 39.4 Å². The van der Waals surface area contributed by atoms with E-state index in [1.807, 2.05) is 42.7 Å². The van der Waals surface area contributed by atoms with Crippen molar-refractivity contribution in [1.82, 2.24) is 14.5 Å². The van der Waals surface area contributed by atoms with Gasteiger partial charge in [-0.1, -0.05) is 6.07 Å². The molecule has 0 unspecified atom stereocenters. The molecule has 7 nitrogen and oxygen atoms in total. The summed E-state index contributed by atoms with van der Waals surface area (Å²) in [7, 11) is 1.22. The zero-order chi connectivity index (χ0) is 19.7. The number of esters is 1. The van der Waals surface area contributed by atoms with Gasteiger partial charge in [-0.15, -0.1) is 0 Å². The lowest BCUT2D eigenvalue weighted by molar-refractivity contribution is -0.148. The number of methoxy groups -OCH3 is 1. The van der Waals surface area contributed by atoms with Crippen molar-refractivity contribution in [2.45, 2.75) is 26.8 Å². The number of thioether (sulfide) groups is 1. The molecule has 1 aliphatic rings. The first-order valence-electron chi connectivity index (χ1n) is 8.30. The first-order valence-corrected chi connectivity index (χ1v) is 9.12. The van der Waals surface area contributed by atoms with Crippen LogP contribution in [0.25, 0.3) is 11.9 Å². The van der Waals surface area contributed by atoms with E-state index in [1.54, 1.807) is 12.3 Å². The summed E-state index contributed by atoms with van der Waals surface area (Å²) in [5, 5.41) is -0.484. The number of hydrogen-bond acceptors (Lipinski definition) is 6. The highest BCUT2D eigenvalue weighted by Crippen LogP contribution is 2.35. The molecule has 0 N–H and O–H groups in total. The second-order valence-corrected chi connectivity index (χ2v) is 7.09. The molecule has 1 fully saturated rings. The molecule has 0 saturated carbocycles. The summed E-state index contributed by atoms with van der Waals surface area (Å²) in [5.74, 6) is -0.350. The van der Waals surface area contributed by atoms with E-state index >= 15 is 0 Å². The third-order valence-corrected chi connectivity index (χ3v) is 5.27. The number of hydrogen-bond donors (Lipinski definition) is 0. The normalized spacial score (nSPS) is 16.9. The summed E-state index contributed by atoms with van der Waals surface area (Å²) >= 11 is 0.818. The van der Waals surface area contributed by atoms with E-state index in [-0.39, 0.29) is 4.91 Å². The molecule has 140 valence electrons. The zero-order valence-electron chi connectivity index (χ0n) is 15.4. The summed E-state index contributed by atoms with van der Waals surface area (Å²) in [4.78, 5) is 42.1. The molecule has 0 bridgehead atoms. The number of carbonyl (C=O) groups is 3. The van der Waals surface area contributed by atoms with Gasteiger partial charge in [0.25, 0.3) is 11.1 Å². The molecular formula is C19H19N3O4S. The molecule has 3 heterocycles. The minimum Gasteiger partial charge on any atom is -0.467 e. The average Bonchev–Trinajstić information content (AvgIpc) is 3.09. The van der Waals surface area contributed by atoms with Crippen molar-refractivity contribution in [2.75, 3.05) is 7.11 Å². The number of nitrogens with zero attached hydrogens (tertiary/aromatic N) is 3. The fourth-order valence-corrected chi connectivity index (χ4v) is 3.90. The molecule has 1 aliphatic heterocycles. The Hall–Kier alpha value is -2.87. The maximum Gasteiger partial charge on any atom is 0.328 e. The molecule has 0 radical (unpaired) electrons. The molecule has 3 rings (SSSR count). The van der Waals surface area contributed by atoms with Crippen LogP contribution in [0.5, 0.6) is 0 Å². The number of amides is 2. The molecule has 8 heteroatoms. The van der Waals surface area contributed by atoms with Crippen molar-refractivity contribution in [2.24, 2.45) is 0 Å². The van der Waals surface area contributed by atoms with Crippen molar-refractivity contribution >= 4 is 35.0 Å². The van der Waals surface area contributed by atoms with Crippen LogP contribution in [0.4, 0.5) is 4.79 Å². The Kier molecular flexibility index (Phi) is 5.18. The minimum absolute atomic E-state index is 0.275. The summed E-state index contributed by atoms with van der Waals surface area (Å²) in [6.07, 6.45) is 3.39. The van der Waals surface area contributed by atoms with Crippen LogP contribution in [0.2, 0.25) is 0 Å². The summed E-state index contributed by atoms with van der Waals surface area (Å²) in [5.41, 5.74) is 2.67. The summed E-state index contributed by atoms with van der Waals surface area (Å²) < 4.78 is 6.62. The molecule has 1 saturated heterocycles. The summed E-state index contributed by atoms with van der Waals surface area (Å²) in [6.45, 7) is 5.34. The Morgan fingerprint density at radius 1 is 1.30 bits per heavy atom. The van der Waals surface area contributed by atoms with Gasteiger partial charge in [-0.05, 0) is 62.4 Å². The smallest absolute Gasteiger partial charge is 0.328 e. The SMILES string of the molecule is COC(=O)[C@H](C)N1C(=O)S/C(=C\c2cc(C)n(-c3ccccn3)c2C)C1=O. The number of aryl methyl sites for hydroxylation is 1. The Morgan fingerprint density at radius 2 is 2.04 bits per heavy atom. The highest BCUT2D eigenvalue weighted by molar-refractivity contribution is 8.18. The van der Waals surface area contributed by atoms with E-state index in [0.29, 0.717) is 0 Å². The van der Waals surface area contributed by atoms with E-state index in [4.69, 9.17) is 0 Å². The first kappa shape index (κ1) is 18.9. The van der Waals surface area contributed by atoms with Crippen molar-refractivity contribution in [3.8, 4) is 5.82 Å². The fraction of sp³-hybridized carbons (Fsp3) is 0.263. The van der Waals surface area contributed by atoms with Crippen molar-refractivity contribution in [1.29, 1.82) is 0 Å². The third kappa shape index (κ3) is 3.40. The van der Waals surface area contributed by atoms with Crippen molar-refractivity contribution < 1.29 is 19.1 Å². The lowest BCUT2D eigenvalue weighted by Gasteiger charge is -2.18. The zero-order valence-corrected chi connectivity index (χ0v) is 16.2. The van der Waals surface area contributed by atoms with Gasteiger partial charge in [0.05, 0.1) is 12.0 Å². The standard InChI is InChI=1S/C19H19N3O4S/c1-11-9-14(12(2)21(11)16-7-5-6-8-20-16)10-15-17(23)22(19(25)27-15)13(3)18(24)26-4/h5-10,13H,1-4H3/b15-10-/t13-/m0/s1. The highest BCUT2D eigenvalue weighted by atomic mass is 32.2. The molecule has 0 aliphatic carbocycles. The number of ether oxygens (including phenoxy) is 1. The van der Waals surface area contributed by atoms with Gasteiger partial charge in [-0.25, -0.2) is 9.78 Å². The molecule has 0 aromatic carbocycles. The van der Waals surface area contributed by atoms with E-state index in [9.17, 15) is 14.4 Å². The van der Waals surface area contributed by atoms with Gasteiger partial charge in [-0.3, -0.25) is 14.5 Å². The predicted octanol–water partition coefficient (Wildman–Crippen LogP) is 3.09. The largest absolute Gasteiger partial charge is 0.467 e. The van der Waals surface area contributed by atoms with Gasteiger partial charge in [0.2, 0.25) is 0 Å². The Balaban J connectivity index is 1.96. The lowest BCUT2D eigenvalue weighted by Crippen LogP contribution is -2.42. The second kappa shape index (κ2) is 7.40. The number of carbonyl (C=O) groups excluding carboxylic acids is 3. The van der Waals surface area contributed by atoms with Crippen LogP contribution in [0.3, 0.4) is 0 Å². The molecule has 27 heavy (non-hydrogen) atoms. The van der Waals surface area contributed by atoms with Crippen molar-refractivity contribution in [3.05, 3.63) is 52.3 Å². The van der Waals surface area contributed by atoms with Crippen LogP contribution in [0.15, 0.2) is 35.4 Å². The van der Waals surface area contributed by atoms with Crippen LogP contribution in [0, 0.1) is 13.8 Å². The van der Waals surface area contributed by atoms with Gasteiger partial charge in [0.1, 0.15) is 11.9 Å². The lowest BCUT2D eigenvalue weighted by atomic mass is 10.2. The van der Waals surface area contributed by atoms with Gasteiger partial charge in [0, 0.05) is 17.6 Å². The van der Waals surface area contributed by atoms with E-state index in [1.165, 1.54) is 14.0 Å². The van der Waals surface area contributed by atoms with Crippen LogP contribution in [0.1, 0.15) is 23.9 Å². The molecule has 2 aromatic rings. The van der Waals surface area contributed by atoms with Crippen molar-refractivity contribution in [3.63, 3.8) is 0 Å². The van der Waals surface area contributed by atoms with Gasteiger partial charge >= 0.3 is 5.97 Å². The van der Waals surface area contributed by atoms with Crippen LogP contribution in [-0.2, 0) is 14.3 Å².